The summed E-state index contributed by atoms with van der Waals surface area (Å²) in [6, 6.07) is 21.2. The molecule has 0 spiro atoms. The van der Waals surface area contributed by atoms with E-state index < -0.39 is 5.54 Å². The molecule has 1 amide bonds. The summed E-state index contributed by atoms with van der Waals surface area (Å²) in [5.74, 6) is 0.135. The van der Waals surface area contributed by atoms with Crippen molar-refractivity contribution in [3.8, 4) is 0 Å². The molecule has 2 aromatic rings. The Hall–Kier alpha value is -2.62. The lowest BCUT2D eigenvalue weighted by Gasteiger charge is -2.30. The molecule has 0 aliphatic carbocycles. The van der Waals surface area contributed by atoms with Gasteiger partial charge < -0.3 is 5.32 Å². The minimum absolute atomic E-state index is 0.135. The zero-order chi connectivity index (χ0) is 17.8. The lowest BCUT2D eigenvalue weighted by Crippen LogP contribution is -2.50. The van der Waals surface area contributed by atoms with Crippen LogP contribution in [-0.4, -0.2) is 29.2 Å². The monoisotopic (exact) mass is 347 g/mol. The average Bonchev–Trinajstić information content (AvgIpc) is 3.46. The van der Waals surface area contributed by atoms with Crippen LogP contribution in [0, 0.1) is 0 Å². The predicted molar refractivity (Wildman–Crippen MR) is 104 cm³/mol. The first-order chi connectivity index (χ1) is 12.7. The summed E-state index contributed by atoms with van der Waals surface area (Å²) in [5, 5.41) is 10.1. The Bertz CT molecular complexity index is 774. The van der Waals surface area contributed by atoms with E-state index in [1.807, 2.05) is 18.3 Å². The van der Waals surface area contributed by atoms with Crippen LogP contribution in [0.1, 0.15) is 42.9 Å². The molecule has 2 aromatic carbocycles. The molecule has 2 atom stereocenters. The lowest BCUT2D eigenvalue weighted by atomic mass is 9.87. The number of amides is 1. The average molecular weight is 347 g/mol. The minimum Gasteiger partial charge on any atom is -0.345 e. The van der Waals surface area contributed by atoms with Gasteiger partial charge in [-0.3, -0.25) is 9.80 Å². The van der Waals surface area contributed by atoms with Gasteiger partial charge in [0.1, 0.15) is 0 Å². The highest BCUT2D eigenvalue weighted by molar-refractivity contribution is 5.84. The number of rotatable bonds is 5. The van der Waals surface area contributed by atoms with Gasteiger partial charge in [0.25, 0.3) is 0 Å². The number of nitrogens with one attached hydrogen (secondary N) is 1. The Labute approximate surface area is 154 Å². The topological polar surface area (TPSA) is 44.5 Å². The molecule has 2 saturated heterocycles. The Balaban J connectivity index is 1.52. The van der Waals surface area contributed by atoms with Gasteiger partial charge in [-0.05, 0) is 24.0 Å². The summed E-state index contributed by atoms with van der Waals surface area (Å²) in [6.45, 7) is 0.940. The van der Waals surface area contributed by atoms with Gasteiger partial charge in [-0.2, -0.15) is 5.10 Å². The standard InChI is InChI=1S/C22H25N3O/c26-21-13-7-8-14-22(24-21,15-18-9-3-1-4-10-18)17-23-25-16-20(25)19-11-5-2-6-12-19/h1-6,9-12,17,20H,7-8,13-16H2,(H,24,26)/b23-17+. The Morgan fingerprint density at radius 2 is 1.81 bits per heavy atom. The molecule has 2 aliphatic rings. The van der Waals surface area contributed by atoms with Crippen LogP contribution in [0.5, 0.6) is 0 Å². The number of hydrazone groups is 1. The molecule has 1 N–H and O–H groups in total. The third-order valence-corrected chi connectivity index (χ3v) is 5.25. The maximum absolute atomic E-state index is 12.2. The first kappa shape index (κ1) is 16.8. The molecule has 26 heavy (non-hydrogen) atoms. The van der Waals surface area contributed by atoms with E-state index in [4.69, 9.17) is 5.10 Å². The van der Waals surface area contributed by atoms with Crippen LogP contribution in [0.4, 0.5) is 0 Å². The van der Waals surface area contributed by atoms with Gasteiger partial charge in [-0.25, -0.2) is 0 Å². The van der Waals surface area contributed by atoms with E-state index in [0.717, 1.165) is 32.2 Å². The van der Waals surface area contributed by atoms with E-state index in [2.05, 4.69) is 58.9 Å². The van der Waals surface area contributed by atoms with Crippen LogP contribution in [-0.2, 0) is 11.2 Å². The van der Waals surface area contributed by atoms with Crippen molar-refractivity contribution < 1.29 is 4.79 Å². The largest absolute Gasteiger partial charge is 0.345 e. The van der Waals surface area contributed by atoms with E-state index >= 15 is 0 Å². The fraction of sp³-hybridized carbons (Fsp3) is 0.364. The fourth-order valence-corrected chi connectivity index (χ4v) is 3.76. The van der Waals surface area contributed by atoms with Crippen LogP contribution in [0.2, 0.25) is 0 Å². The van der Waals surface area contributed by atoms with E-state index in [0.29, 0.717) is 12.5 Å². The molecule has 0 saturated carbocycles. The summed E-state index contributed by atoms with van der Waals surface area (Å²) >= 11 is 0. The summed E-state index contributed by atoms with van der Waals surface area (Å²) in [4.78, 5) is 12.2. The maximum Gasteiger partial charge on any atom is 0.220 e. The molecule has 4 rings (SSSR count). The first-order valence-electron chi connectivity index (χ1n) is 9.46. The normalized spacial score (nSPS) is 25.8. The van der Waals surface area contributed by atoms with Crippen LogP contribution < -0.4 is 5.32 Å². The third-order valence-electron chi connectivity index (χ3n) is 5.25. The molecule has 2 unspecified atom stereocenters. The number of carbonyl (C=O) groups is 1. The highest BCUT2D eigenvalue weighted by atomic mass is 16.1. The molecule has 2 fully saturated rings. The number of carbonyl (C=O) groups excluding carboxylic acids is 1. The second-order valence-corrected chi connectivity index (χ2v) is 7.37. The highest BCUT2D eigenvalue weighted by Crippen LogP contribution is 2.35. The number of hydrogen-bond donors (Lipinski definition) is 1. The van der Waals surface area contributed by atoms with E-state index in [-0.39, 0.29) is 5.91 Å². The molecule has 2 aliphatic heterocycles. The van der Waals surface area contributed by atoms with Gasteiger partial charge in [0.05, 0.1) is 24.3 Å². The Morgan fingerprint density at radius 1 is 1.08 bits per heavy atom. The van der Waals surface area contributed by atoms with Crippen molar-refractivity contribution in [2.24, 2.45) is 5.10 Å². The van der Waals surface area contributed by atoms with Gasteiger partial charge in [0, 0.05) is 12.8 Å². The van der Waals surface area contributed by atoms with Crippen molar-refractivity contribution in [2.75, 3.05) is 6.54 Å². The number of hydrogen-bond acceptors (Lipinski definition) is 3. The second kappa shape index (κ2) is 7.32. The number of benzene rings is 2. The van der Waals surface area contributed by atoms with Gasteiger partial charge in [0.15, 0.2) is 0 Å². The molecule has 4 heteroatoms. The van der Waals surface area contributed by atoms with Crippen LogP contribution >= 0.6 is 0 Å². The quantitative estimate of drug-likeness (QED) is 0.662. The van der Waals surface area contributed by atoms with Crippen LogP contribution in [0.25, 0.3) is 0 Å². The Kier molecular flexibility index (Phi) is 4.74. The summed E-state index contributed by atoms with van der Waals surface area (Å²) in [5.41, 5.74) is 2.14. The lowest BCUT2D eigenvalue weighted by molar-refractivity contribution is -0.121. The first-order valence-corrected chi connectivity index (χ1v) is 9.46. The molecule has 4 nitrogen and oxygen atoms in total. The molecule has 2 heterocycles. The molecular weight excluding hydrogens is 322 g/mol. The zero-order valence-corrected chi connectivity index (χ0v) is 15.0. The highest BCUT2D eigenvalue weighted by Gasteiger charge is 2.37. The minimum atomic E-state index is -0.390. The molecule has 0 radical (unpaired) electrons. The van der Waals surface area contributed by atoms with E-state index in [9.17, 15) is 4.79 Å². The van der Waals surface area contributed by atoms with E-state index in [1.54, 1.807) is 0 Å². The van der Waals surface area contributed by atoms with Crippen LogP contribution in [0.15, 0.2) is 65.8 Å². The second-order valence-electron chi connectivity index (χ2n) is 7.37. The maximum atomic E-state index is 12.2. The summed E-state index contributed by atoms with van der Waals surface area (Å²) in [6.07, 6.45) is 6.31. The zero-order valence-electron chi connectivity index (χ0n) is 15.0. The van der Waals surface area contributed by atoms with Crippen molar-refractivity contribution in [3.63, 3.8) is 0 Å². The van der Waals surface area contributed by atoms with Gasteiger partial charge in [0.2, 0.25) is 5.91 Å². The van der Waals surface area contributed by atoms with Gasteiger partial charge in [-0.1, -0.05) is 67.1 Å². The summed E-state index contributed by atoms with van der Waals surface area (Å²) in [7, 11) is 0. The van der Waals surface area contributed by atoms with Crippen molar-refractivity contribution in [1.82, 2.24) is 10.3 Å². The van der Waals surface area contributed by atoms with Crippen LogP contribution in [0.3, 0.4) is 0 Å². The Morgan fingerprint density at radius 3 is 2.58 bits per heavy atom. The molecule has 0 aromatic heterocycles. The third kappa shape index (κ3) is 3.96. The molecule has 0 bridgehead atoms. The van der Waals surface area contributed by atoms with Crippen molar-refractivity contribution in [1.29, 1.82) is 0 Å². The molecule has 134 valence electrons. The van der Waals surface area contributed by atoms with E-state index in [1.165, 1.54) is 11.1 Å². The smallest absolute Gasteiger partial charge is 0.220 e. The van der Waals surface area contributed by atoms with Crippen molar-refractivity contribution >= 4 is 12.1 Å². The van der Waals surface area contributed by atoms with Crippen molar-refractivity contribution in [2.45, 2.75) is 43.7 Å². The van der Waals surface area contributed by atoms with Gasteiger partial charge >= 0.3 is 0 Å². The van der Waals surface area contributed by atoms with Gasteiger partial charge in [-0.15, -0.1) is 0 Å². The summed E-state index contributed by atoms with van der Waals surface area (Å²) < 4.78 is 0. The number of nitrogens with zero attached hydrogens (tertiary/aromatic N) is 2. The SMILES string of the molecule is O=C1CCCCC(/C=N/N2CC2c2ccccc2)(Cc2ccccc2)N1. The predicted octanol–water partition coefficient (Wildman–Crippen LogP) is 3.70. The molecular formula is C22H25N3O. The fourth-order valence-electron chi connectivity index (χ4n) is 3.76. The van der Waals surface area contributed by atoms with Crippen molar-refractivity contribution in [3.05, 3.63) is 71.8 Å².